The Labute approximate surface area is 159 Å². The van der Waals surface area contributed by atoms with E-state index in [0.29, 0.717) is 17.3 Å². The van der Waals surface area contributed by atoms with Gasteiger partial charge in [0.2, 0.25) is 0 Å². The quantitative estimate of drug-likeness (QED) is 0.801. The number of methoxy groups -OCH3 is 1. The summed E-state index contributed by atoms with van der Waals surface area (Å²) in [4.78, 5) is 14.4. The second kappa shape index (κ2) is 8.81. The molecule has 0 aliphatic carbocycles. The molecule has 2 aromatic carbocycles. The summed E-state index contributed by atoms with van der Waals surface area (Å²) in [6.07, 6.45) is 3.68. The molecule has 138 valence electrons. The molecule has 2 aromatic rings. The van der Waals surface area contributed by atoms with Crippen molar-refractivity contribution in [1.29, 1.82) is 0 Å². The molecule has 0 aromatic heterocycles. The van der Waals surface area contributed by atoms with Gasteiger partial charge in [0.1, 0.15) is 5.75 Å². The van der Waals surface area contributed by atoms with Crippen molar-refractivity contribution in [2.75, 3.05) is 30.4 Å². The number of carbonyl (C=O) groups excluding carboxylic acids is 1. The van der Waals surface area contributed by atoms with Gasteiger partial charge in [0.05, 0.1) is 17.8 Å². The molecular weight excluding hydrogens is 350 g/mol. The van der Waals surface area contributed by atoms with Crippen LogP contribution < -0.4 is 20.3 Å². The molecule has 0 bridgehead atoms. The number of amides is 2. The lowest BCUT2D eigenvalue weighted by molar-refractivity contribution is 0.251. The number of rotatable bonds is 5. The Morgan fingerprint density at radius 2 is 1.85 bits per heavy atom. The van der Waals surface area contributed by atoms with Gasteiger partial charge in [0, 0.05) is 25.3 Å². The fourth-order valence-corrected chi connectivity index (χ4v) is 3.38. The topological polar surface area (TPSA) is 53.6 Å². The molecule has 1 aliphatic rings. The number of benzene rings is 2. The van der Waals surface area contributed by atoms with Crippen LogP contribution in [0, 0.1) is 0 Å². The maximum absolute atomic E-state index is 12.1. The van der Waals surface area contributed by atoms with Crippen LogP contribution in [0.2, 0.25) is 5.02 Å². The molecule has 0 atom stereocenters. The number of anilines is 2. The number of carbonyl (C=O) groups is 1. The van der Waals surface area contributed by atoms with Crippen LogP contribution in [0.25, 0.3) is 0 Å². The van der Waals surface area contributed by atoms with Gasteiger partial charge in [-0.05, 0) is 55.2 Å². The predicted molar refractivity (Wildman–Crippen MR) is 106 cm³/mol. The summed E-state index contributed by atoms with van der Waals surface area (Å²) < 4.78 is 5.12. The standard InChI is InChI=1S/C20H24ClN3O2/c1-26-17-8-5-15(6-9-17)14-22-20(25)23-16-7-10-19(18(21)13-16)24-11-3-2-4-12-24/h5-10,13H,2-4,11-12,14H2,1H3,(H2,22,23,25). The van der Waals surface area contributed by atoms with Crippen LogP contribution >= 0.6 is 11.6 Å². The second-order valence-corrected chi connectivity index (χ2v) is 6.78. The summed E-state index contributed by atoms with van der Waals surface area (Å²) >= 11 is 6.42. The first kappa shape index (κ1) is 18.4. The first-order valence-corrected chi connectivity index (χ1v) is 9.26. The van der Waals surface area contributed by atoms with Crippen molar-refractivity contribution in [3.63, 3.8) is 0 Å². The Morgan fingerprint density at radius 3 is 2.50 bits per heavy atom. The van der Waals surface area contributed by atoms with E-state index in [0.717, 1.165) is 30.1 Å². The van der Waals surface area contributed by atoms with Crippen LogP contribution in [0.3, 0.4) is 0 Å². The highest BCUT2D eigenvalue weighted by Crippen LogP contribution is 2.30. The highest BCUT2D eigenvalue weighted by atomic mass is 35.5. The van der Waals surface area contributed by atoms with Crippen LogP contribution in [0.1, 0.15) is 24.8 Å². The summed E-state index contributed by atoms with van der Waals surface area (Å²) in [6.45, 7) is 2.51. The lowest BCUT2D eigenvalue weighted by Crippen LogP contribution is -2.30. The molecule has 0 unspecified atom stereocenters. The first-order valence-electron chi connectivity index (χ1n) is 8.88. The summed E-state index contributed by atoms with van der Waals surface area (Å²) in [5.74, 6) is 0.793. The van der Waals surface area contributed by atoms with Gasteiger partial charge < -0.3 is 20.3 Å². The van der Waals surface area contributed by atoms with Crippen molar-refractivity contribution in [3.8, 4) is 5.75 Å². The summed E-state index contributed by atoms with van der Waals surface area (Å²) in [5, 5.41) is 6.33. The van der Waals surface area contributed by atoms with Gasteiger partial charge in [-0.1, -0.05) is 23.7 Å². The van der Waals surface area contributed by atoms with Crippen molar-refractivity contribution in [1.82, 2.24) is 5.32 Å². The highest BCUT2D eigenvalue weighted by molar-refractivity contribution is 6.33. The number of urea groups is 1. The lowest BCUT2D eigenvalue weighted by Gasteiger charge is -2.29. The van der Waals surface area contributed by atoms with Crippen molar-refractivity contribution in [3.05, 3.63) is 53.1 Å². The molecule has 1 saturated heterocycles. The average Bonchev–Trinajstić information content (AvgIpc) is 2.67. The molecule has 0 saturated carbocycles. The molecule has 1 heterocycles. The van der Waals surface area contributed by atoms with Crippen LogP contribution in [0.4, 0.5) is 16.2 Å². The number of nitrogens with one attached hydrogen (secondary N) is 2. The van der Waals surface area contributed by atoms with Gasteiger partial charge in [0.25, 0.3) is 0 Å². The number of hydrogen-bond donors (Lipinski definition) is 2. The lowest BCUT2D eigenvalue weighted by atomic mass is 10.1. The minimum Gasteiger partial charge on any atom is -0.497 e. The smallest absolute Gasteiger partial charge is 0.319 e. The van der Waals surface area contributed by atoms with Crippen LogP contribution in [-0.4, -0.2) is 26.2 Å². The van der Waals surface area contributed by atoms with Crippen molar-refractivity contribution in [2.24, 2.45) is 0 Å². The van der Waals surface area contributed by atoms with E-state index in [9.17, 15) is 4.79 Å². The molecule has 1 fully saturated rings. The zero-order valence-corrected chi connectivity index (χ0v) is 15.7. The number of nitrogens with zero attached hydrogens (tertiary/aromatic N) is 1. The van der Waals surface area contributed by atoms with Crippen LogP contribution in [0.5, 0.6) is 5.75 Å². The molecule has 0 radical (unpaired) electrons. The van der Waals surface area contributed by atoms with Crippen molar-refractivity contribution in [2.45, 2.75) is 25.8 Å². The van der Waals surface area contributed by atoms with E-state index in [4.69, 9.17) is 16.3 Å². The highest BCUT2D eigenvalue weighted by Gasteiger charge is 2.14. The Bertz CT molecular complexity index is 743. The fraction of sp³-hybridized carbons (Fsp3) is 0.350. The van der Waals surface area contributed by atoms with Crippen LogP contribution in [0.15, 0.2) is 42.5 Å². The van der Waals surface area contributed by atoms with Crippen molar-refractivity contribution < 1.29 is 9.53 Å². The third-order valence-corrected chi connectivity index (χ3v) is 4.82. The van der Waals surface area contributed by atoms with Gasteiger partial charge in [-0.3, -0.25) is 0 Å². The molecule has 5 nitrogen and oxygen atoms in total. The van der Waals surface area contributed by atoms with E-state index in [1.807, 2.05) is 36.4 Å². The van der Waals surface area contributed by atoms with Crippen LogP contribution in [-0.2, 0) is 6.54 Å². The molecule has 3 rings (SSSR count). The second-order valence-electron chi connectivity index (χ2n) is 6.37. The number of hydrogen-bond acceptors (Lipinski definition) is 3. The first-order chi connectivity index (χ1) is 12.7. The van der Waals surface area contributed by atoms with Gasteiger partial charge in [-0.2, -0.15) is 0 Å². The summed E-state index contributed by atoms with van der Waals surface area (Å²) in [5.41, 5.74) is 2.72. The molecule has 1 aliphatic heterocycles. The number of halogens is 1. The molecule has 0 spiro atoms. The largest absolute Gasteiger partial charge is 0.497 e. The zero-order chi connectivity index (χ0) is 18.4. The van der Waals surface area contributed by atoms with E-state index in [1.165, 1.54) is 19.3 Å². The Hall–Kier alpha value is -2.40. The van der Waals surface area contributed by atoms with Gasteiger partial charge in [-0.25, -0.2) is 4.79 Å². The van der Waals surface area contributed by atoms with Gasteiger partial charge in [-0.15, -0.1) is 0 Å². The Balaban J connectivity index is 1.54. The SMILES string of the molecule is COc1ccc(CNC(=O)Nc2ccc(N3CCCCC3)c(Cl)c2)cc1. The summed E-state index contributed by atoms with van der Waals surface area (Å²) in [7, 11) is 1.63. The fourth-order valence-electron chi connectivity index (χ4n) is 3.08. The van der Waals surface area contributed by atoms with Gasteiger partial charge >= 0.3 is 6.03 Å². The third-order valence-electron chi connectivity index (χ3n) is 4.51. The van der Waals surface area contributed by atoms with E-state index in [-0.39, 0.29) is 6.03 Å². The molecule has 2 amide bonds. The minimum absolute atomic E-state index is 0.261. The molecule has 26 heavy (non-hydrogen) atoms. The Morgan fingerprint density at radius 1 is 1.12 bits per heavy atom. The van der Waals surface area contributed by atoms with E-state index >= 15 is 0 Å². The Kier molecular flexibility index (Phi) is 6.23. The molecular formula is C20H24ClN3O2. The maximum Gasteiger partial charge on any atom is 0.319 e. The minimum atomic E-state index is -0.261. The third kappa shape index (κ3) is 4.82. The molecule has 6 heteroatoms. The van der Waals surface area contributed by atoms with E-state index in [2.05, 4.69) is 15.5 Å². The molecule has 2 N–H and O–H groups in total. The number of piperidine rings is 1. The van der Waals surface area contributed by atoms with Gasteiger partial charge in [0.15, 0.2) is 0 Å². The predicted octanol–water partition coefficient (Wildman–Crippen LogP) is 4.66. The van der Waals surface area contributed by atoms with Crippen molar-refractivity contribution >= 4 is 29.0 Å². The maximum atomic E-state index is 12.1. The monoisotopic (exact) mass is 373 g/mol. The normalized spacial score (nSPS) is 14.0. The number of ether oxygens (including phenoxy) is 1. The van der Waals surface area contributed by atoms with E-state index in [1.54, 1.807) is 13.2 Å². The summed E-state index contributed by atoms with van der Waals surface area (Å²) in [6, 6.07) is 13.0. The zero-order valence-electron chi connectivity index (χ0n) is 14.9. The van der Waals surface area contributed by atoms with E-state index < -0.39 is 0 Å². The average molecular weight is 374 g/mol.